The standard InChI is InChI=1S/C17H19N3O3/c21-16(12-6-3-5-11-9-18-19-15(11)12)20-13-7-2-1-4-10(13)8-14(20)17(22)23/h3,5-6,9-10,13-14H,1-2,4,7-8H2,(H,18,19)(H,22,23). The molecule has 2 aliphatic rings. The van der Waals surface area contributed by atoms with E-state index in [1.807, 2.05) is 12.1 Å². The van der Waals surface area contributed by atoms with Gasteiger partial charge in [0.25, 0.3) is 5.91 Å². The van der Waals surface area contributed by atoms with Gasteiger partial charge in [0, 0.05) is 11.4 Å². The normalized spacial score (nSPS) is 27.1. The number of H-pyrrole nitrogens is 1. The summed E-state index contributed by atoms with van der Waals surface area (Å²) in [6.07, 6.45) is 6.36. The monoisotopic (exact) mass is 313 g/mol. The van der Waals surface area contributed by atoms with E-state index in [4.69, 9.17) is 0 Å². The Morgan fingerprint density at radius 3 is 2.91 bits per heavy atom. The maximum atomic E-state index is 13.1. The second-order valence-electron chi connectivity index (χ2n) is 6.55. The SMILES string of the molecule is O=C(O)C1CC2CCCCC2N1C(=O)c1cccc2cn[nH]c12. The smallest absolute Gasteiger partial charge is 0.326 e. The number of para-hydroxylation sites is 1. The minimum atomic E-state index is -0.899. The van der Waals surface area contributed by atoms with Crippen LogP contribution in [0.15, 0.2) is 24.4 Å². The van der Waals surface area contributed by atoms with Crippen molar-refractivity contribution in [3.63, 3.8) is 0 Å². The molecule has 1 aromatic heterocycles. The van der Waals surface area contributed by atoms with Gasteiger partial charge in [0.15, 0.2) is 0 Å². The molecule has 4 rings (SSSR count). The second kappa shape index (κ2) is 5.37. The van der Waals surface area contributed by atoms with Crippen LogP contribution in [-0.2, 0) is 4.79 Å². The van der Waals surface area contributed by atoms with Crippen LogP contribution < -0.4 is 0 Å². The third kappa shape index (κ3) is 2.20. The van der Waals surface area contributed by atoms with Crippen LogP contribution in [0.5, 0.6) is 0 Å². The van der Waals surface area contributed by atoms with Gasteiger partial charge in [-0.25, -0.2) is 4.79 Å². The van der Waals surface area contributed by atoms with Crippen molar-refractivity contribution in [2.75, 3.05) is 0 Å². The molecule has 3 unspecified atom stereocenters. The molecule has 1 saturated carbocycles. The summed E-state index contributed by atoms with van der Waals surface area (Å²) in [5.41, 5.74) is 1.19. The maximum Gasteiger partial charge on any atom is 0.326 e. The molecular weight excluding hydrogens is 294 g/mol. The van der Waals surface area contributed by atoms with Gasteiger partial charge in [0.1, 0.15) is 6.04 Å². The highest BCUT2D eigenvalue weighted by atomic mass is 16.4. The van der Waals surface area contributed by atoms with Crippen LogP contribution >= 0.6 is 0 Å². The van der Waals surface area contributed by atoms with Gasteiger partial charge in [-0.05, 0) is 31.2 Å². The van der Waals surface area contributed by atoms with E-state index in [1.54, 1.807) is 17.2 Å². The van der Waals surface area contributed by atoms with E-state index in [9.17, 15) is 14.7 Å². The fourth-order valence-electron chi connectivity index (χ4n) is 4.26. The zero-order valence-corrected chi connectivity index (χ0v) is 12.7. The first-order valence-corrected chi connectivity index (χ1v) is 8.14. The van der Waals surface area contributed by atoms with E-state index < -0.39 is 12.0 Å². The molecule has 0 spiro atoms. The Morgan fingerprint density at radius 1 is 1.26 bits per heavy atom. The van der Waals surface area contributed by atoms with E-state index in [0.717, 1.165) is 31.1 Å². The lowest BCUT2D eigenvalue weighted by molar-refractivity contribution is -0.141. The number of carbonyl (C=O) groups is 2. The van der Waals surface area contributed by atoms with Crippen molar-refractivity contribution in [1.29, 1.82) is 0 Å². The molecule has 2 N–H and O–H groups in total. The molecule has 1 aliphatic carbocycles. The predicted molar refractivity (Wildman–Crippen MR) is 84.1 cm³/mol. The summed E-state index contributed by atoms with van der Waals surface area (Å²) in [6.45, 7) is 0. The molecule has 2 aromatic rings. The third-order valence-electron chi connectivity index (χ3n) is 5.31. The van der Waals surface area contributed by atoms with Gasteiger partial charge in [-0.1, -0.05) is 25.0 Å². The lowest BCUT2D eigenvalue weighted by atomic mass is 9.84. The summed E-state index contributed by atoms with van der Waals surface area (Å²) >= 11 is 0. The summed E-state index contributed by atoms with van der Waals surface area (Å²) in [5, 5.41) is 17.3. The molecule has 1 aliphatic heterocycles. The van der Waals surface area contributed by atoms with Crippen molar-refractivity contribution >= 4 is 22.8 Å². The van der Waals surface area contributed by atoms with Crippen molar-refractivity contribution in [2.45, 2.75) is 44.2 Å². The zero-order valence-electron chi connectivity index (χ0n) is 12.7. The quantitative estimate of drug-likeness (QED) is 0.891. The first kappa shape index (κ1) is 14.2. The molecule has 1 aromatic carbocycles. The Hall–Kier alpha value is -2.37. The second-order valence-corrected chi connectivity index (χ2v) is 6.55. The number of rotatable bonds is 2. The lowest BCUT2D eigenvalue weighted by Gasteiger charge is -2.33. The van der Waals surface area contributed by atoms with Gasteiger partial charge in [-0.15, -0.1) is 0 Å². The van der Waals surface area contributed by atoms with Gasteiger partial charge in [0.2, 0.25) is 0 Å². The Bertz CT molecular complexity index is 769. The fourth-order valence-corrected chi connectivity index (χ4v) is 4.26. The summed E-state index contributed by atoms with van der Waals surface area (Å²) < 4.78 is 0. The Balaban J connectivity index is 1.75. The first-order chi connectivity index (χ1) is 11.2. The molecule has 2 heterocycles. The number of carbonyl (C=O) groups excluding carboxylic acids is 1. The van der Waals surface area contributed by atoms with E-state index in [0.29, 0.717) is 23.4 Å². The first-order valence-electron chi connectivity index (χ1n) is 8.14. The topological polar surface area (TPSA) is 86.3 Å². The van der Waals surface area contributed by atoms with Gasteiger partial charge in [0.05, 0.1) is 17.3 Å². The number of hydrogen-bond acceptors (Lipinski definition) is 3. The molecule has 0 radical (unpaired) electrons. The number of hydrogen-bond donors (Lipinski definition) is 2. The largest absolute Gasteiger partial charge is 0.480 e. The van der Waals surface area contributed by atoms with Crippen LogP contribution in [0.1, 0.15) is 42.5 Å². The number of nitrogens with one attached hydrogen (secondary N) is 1. The Labute approximate surface area is 133 Å². The average molecular weight is 313 g/mol. The number of aromatic nitrogens is 2. The van der Waals surface area contributed by atoms with Gasteiger partial charge >= 0.3 is 5.97 Å². The van der Waals surface area contributed by atoms with E-state index in [-0.39, 0.29) is 11.9 Å². The number of nitrogens with zero attached hydrogens (tertiary/aromatic N) is 2. The summed E-state index contributed by atoms with van der Waals surface area (Å²) in [7, 11) is 0. The van der Waals surface area contributed by atoms with Crippen LogP contribution in [0.3, 0.4) is 0 Å². The summed E-state index contributed by atoms with van der Waals surface area (Å²) in [4.78, 5) is 26.5. The fraction of sp³-hybridized carbons (Fsp3) is 0.471. The van der Waals surface area contributed by atoms with Crippen LogP contribution in [0.4, 0.5) is 0 Å². The van der Waals surface area contributed by atoms with Crippen molar-refractivity contribution in [3.8, 4) is 0 Å². The van der Waals surface area contributed by atoms with Crippen LogP contribution in [0.25, 0.3) is 10.9 Å². The number of amides is 1. The van der Waals surface area contributed by atoms with Crippen molar-refractivity contribution in [1.82, 2.24) is 15.1 Å². The molecule has 1 amide bonds. The molecule has 1 saturated heterocycles. The minimum Gasteiger partial charge on any atom is -0.480 e. The minimum absolute atomic E-state index is 0.0514. The highest BCUT2D eigenvalue weighted by Crippen LogP contribution is 2.40. The van der Waals surface area contributed by atoms with Gasteiger partial charge < -0.3 is 10.0 Å². The van der Waals surface area contributed by atoms with Crippen LogP contribution in [0.2, 0.25) is 0 Å². The molecule has 23 heavy (non-hydrogen) atoms. The number of aromatic amines is 1. The molecule has 0 bridgehead atoms. The molecular formula is C17H19N3O3. The van der Waals surface area contributed by atoms with Crippen molar-refractivity contribution in [3.05, 3.63) is 30.0 Å². The highest BCUT2D eigenvalue weighted by molar-refractivity contribution is 6.06. The number of carboxylic acids is 1. The van der Waals surface area contributed by atoms with E-state index in [2.05, 4.69) is 10.2 Å². The van der Waals surface area contributed by atoms with Gasteiger partial charge in [-0.3, -0.25) is 9.89 Å². The third-order valence-corrected chi connectivity index (χ3v) is 5.31. The van der Waals surface area contributed by atoms with Crippen LogP contribution in [-0.4, -0.2) is 44.2 Å². The number of fused-ring (bicyclic) bond motifs is 2. The Kier molecular flexibility index (Phi) is 3.32. The average Bonchev–Trinajstić information content (AvgIpc) is 3.18. The number of benzene rings is 1. The van der Waals surface area contributed by atoms with E-state index in [1.165, 1.54) is 0 Å². The zero-order chi connectivity index (χ0) is 16.0. The maximum absolute atomic E-state index is 13.1. The number of carboxylic acid groups (broad SMARTS) is 1. The van der Waals surface area contributed by atoms with Crippen molar-refractivity contribution < 1.29 is 14.7 Å². The molecule has 6 heteroatoms. The van der Waals surface area contributed by atoms with Gasteiger partial charge in [-0.2, -0.15) is 5.10 Å². The molecule has 3 atom stereocenters. The van der Waals surface area contributed by atoms with Crippen molar-refractivity contribution in [2.24, 2.45) is 5.92 Å². The summed E-state index contributed by atoms with van der Waals surface area (Å²) in [5.74, 6) is -0.777. The number of likely N-dealkylation sites (tertiary alicyclic amines) is 1. The predicted octanol–water partition coefficient (Wildman–Crippen LogP) is 2.42. The molecule has 6 nitrogen and oxygen atoms in total. The lowest BCUT2D eigenvalue weighted by Crippen LogP contribution is -2.46. The summed E-state index contributed by atoms with van der Waals surface area (Å²) in [6, 6.07) is 4.79. The van der Waals surface area contributed by atoms with Crippen LogP contribution in [0, 0.1) is 5.92 Å². The molecule has 2 fully saturated rings. The highest BCUT2D eigenvalue weighted by Gasteiger charge is 2.47. The van der Waals surface area contributed by atoms with E-state index >= 15 is 0 Å². The molecule has 120 valence electrons. The Morgan fingerprint density at radius 2 is 2.09 bits per heavy atom. The number of aliphatic carboxylic acids is 1.